The highest BCUT2D eigenvalue weighted by molar-refractivity contribution is 5.91. The molecular weight excluding hydrogens is 272 g/mol. The molecule has 1 N–H and O–H groups in total. The van der Waals surface area contributed by atoms with E-state index in [9.17, 15) is 9.90 Å². The second kappa shape index (κ2) is 4.69. The molecule has 3 fully saturated rings. The second-order valence-corrected chi connectivity index (χ2v) is 8.71. The smallest absolute Gasteiger partial charge is 0.155 e. The first-order valence-corrected chi connectivity index (χ1v) is 9.04. The van der Waals surface area contributed by atoms with E-state index in [0.29, 0.717) is 36.5 Å². The van der Waals surface area contributed by atoms with Gasteiger partial charge in [0.05, 0.1) is 5.60 Å². The van der Waals surface area contributed by atoms with Crippen molar-refractivity contribution in [3.8, 4) is 0 Å². The molecular formula is C20H30O2. The van der Waals surface area contributed by atoms with Gasteiger partial charge in [0.2, 0.25) is 0 Å². The van der Waals surface area contributed by atoms with E-state index in [2.05, 4.69) is 6.92 Å². The van der Waals surface area contributed by atoms with Crippen LogP contribution < -0.4 is 0 Å². The fourth-order valence-electron chi connectivity index (χ4n) is 6.61. The van der Waals surface area contributed by atoms with E-state index in [1.807, 2.05) is 13.0 Å². The van der Waals surface area contributed by atoms with Crippen molar-refractivity contribution in [1.29, 1.82) is 0 Å². The summed E-state index contributed by atoms with van der Waals surface area (Å²) < 4.78 is 23.9. The summed E-state index contributed by atoms with van der Waals surface area (Å²) in [7, 11) is 0. The van der Waals surface area contributed by atoms with Gasteiger partial charge in [-0.15, -0.1) is 0 Å². The van der Waals surface area contributed by atoms with Crippen LogP contribution in [0.2, 0.25) is 0 Å². The molecule has 0 aromatic carbocycles. The Hall–Kier alpha value is -0.630. The Morgan fingerprint density at radius 2 is 2.14 bits per heavy atom. The van der Waals surface area contributed by atoms with Gasteiger partial charge in [0.1, 0.15) is 0 Å². The van der Waals surface area contributed by atoms with Crippen LogP contribution in [0.4, 0.5) is 0 Å². The number of hydrogen-bond acceptors (Lipinski definition) is 2. The molecule has 0 unspecified atom stereocenters. The van der Waals surface area contributed by atoms with Crippen LogP contribution in [0.5, 0.6) is 0 Å². The Morgan fingerprint density at radius 3 is 2.91 bits per heavy atom. The van der Waals surface area contributed by atoms with Crippen molar-refractivity contribution in [3.05, 3.63) is 11.6 Å². The molecule has 0 aromatic rings. The van der Waals surface area contributed by atoms with E-state index < -0.39 is 17.9 Å². The van der Waals surface area contributed by atoms with Gasteiger partial charge < -0.3 is 5.11 Å². The molecule has 7 atom stereocenters. The monoisotopic (exact) mass is 305 g/mol. The van der Waals surface area contributed by atoms with Crippen LogP contribution in [-0.2, 0) is 4.79 Å². The van der Waals surface area contributed by atoms with E-state index >= 15 is 0 Å². The number of carbonyl (C=O) groups excluding carboxylic acids is 1. The van der Waals surface area contributed by atoms with Crippen LogP contribution in [0.25, 0.3) is 0 Å². The maximum atomic E-state index is 11.8. The molecule has 22 heavy (non-hydrogen) atoms. The molecule has 0 aromatic heterocycles. The summed E-state index contributed by atoms with van der Waals surface area (Å²) in [5, 5.41) is 11.2. The minimum Gasteiger partial charge on any atom is -0.390 e. The molecule has 122 valence electrons. The number of carbonyl (C=O) groups is 1. The Kier molecular flexibility index (Phi) is 2.52. The van der Waals surface area contributed by atoms with Gasteiger partial charge in [-0.2, -0.15) is 0 Å². The maximum absolute atomic E-state index is 11.8. The van der Waals surface area contributed by atoms with Crippen molar-refractivity contribution < 1.29 is 14.0 Å². The molecule has 0 saturated heterocycles. The standard InChI is InChI=1S/C20H30O2/c1-12-10-13-11-14(21)4-5-15(13)16-6-8-19(2)17(18(12)16)7-9-20(19,3)22/h11-12,15-18,22H,4-10H2,1-3H3/t12-,15+,16-,17+,18-,19+,20+/m1/s1/i3D3. The summed E-state index contributed by atoms with van der Waals surface area (Å²) in [5.74, 6) is 2.55. The number of aliphatic hydroxyl groups is 1. The molecule has 0 amide bonds. The molecule has 0 spiro atoms. The lowest BCUT2D eigenvalue weighted by molar-refractivity contribution is -0.121. The normalized spacial score (nSPS) is 56.9. The quantitative estimate of drug-likeness (QED) is 0.731. The summed E-state index contributed by atoms with van der Waals surface area (Å²) >= 11 is 0. The lowest BCUT2D eigenvalue weighted by atomic mass is 9.48. The SMILES string of the molecule is [2H]C([2H])([2H])[C@]1(O)CC[C@H]2[C@H]3[C@H](CC[C@@]21C)[C@H]1CCC(=O)C=C1C[C@H]3C. The first-order valence-electron chi connectivity index (χ1n) is 10.5. The number of ketones is 1. The second-order valence-electron chi connectivity index (χ2n) is 8.71. The van der Waals surface area contributed by atoms with Crippen LogP contribution in [-0.4, -0.2) is 16.5 Å². The third-order valence-electron chi connectivity index (χ3n) is 7.79. The zero-order valence-corrected chi connectivity index (χ0v) is 13.8. The minimum atomic E-state index is -2.32. The topological polar surface area (TPSA) is 37.3 Å². The van der Waals surface area contributed by atoms with Gasteiger partial charge >= 0.3 is 0 Å². The summed E-state index contributed by atoms with van der Waals surface area (Å²) in [6, 6.07) is 0. The molecule has 3 saturated carbocycles. The van der Waals surface area contributed by atoms with Gasteiger partial charge in [-0.25, -0.2) is 0 Å². The summed E-state index contributed by atoms with van der Waals surface area (Å²) in [4.78, 5) is 11.8. The van der Waals surface area contributed by atoms with Crippen molar-refractivity contribution >= 4 is 5.78 Å². The number of fused-ring (bicyclic) bond motifs is 5. The van der Waals surface area contributed by atoms with E-state index in [1.165, 1.54) is 5.57 Å². The van der Waals surface area contributed by atoms with Gasteiger partial charge in [0.15, 0.2) is 5.78 Å². The summed E-state index contributed by atoms with van der Waals surface area (Å²) in [6.07, 6.45) is 7.49. The lowest BCUT2D eigenvalue weighted by Crippen LogP contribution is -2.53. The molecule has 4 rings (SSSR count). The number of rotatable bonds is 0. The van der Waals surface area contributed by atoms with E-state index in [1.54, 1.807) is 0 Å². The van der Waals surface area contributed by atoms with Crippen molar-refractivity contribution in [2.75, 3.05) is 0 Å². The van der Waals surface area contributed by atoms with Gasteiger partial charge in [0.25, 0.3) is 0 Å². The minimum absolute atomic E-state index is 0.273. The largest absolute Gasteiger partial charge is 0.390 e. The van der Waals surface area contributed by atoms with Crippen LogP contribution in [0, 0.1) is 35.0 Å². The molecule has 0 heterocycles. The van der Waals surface area contributed by atoms with Gasteiger partial charge in [-0.05, 0) is 86.5 Å². The Balaban J connectivity index is 1.70. The Labute approximate surface area is 138 Å². The van der Waals surface area contributed by atoms with Crippen LogP contribution in [0.15, 0.2) is 11.6 Å². The van der Waals surface area contributed by atoms with Crippen LogP contribution >= 0.6 is 0 Å². The molecule has 0 aliphatic heterocycles. The molecule has 0 radical (unpaired) electrons. The zero-order valence-electron chi connectivity index (χ0n) is 16.8. The average Bonchev–Trinajstić information content (AvgIpc) is 2.79. The van der Waals surface area contributed by atoms with Gasteiger partial charge in [0, 0.05) is 10.5 Å². The average molecular weight is 305 g/mol. The predicted molar refractivity (Wildman–Crippen MR) is 87.3 cm³/mol. The van der Waals surface area contributed by atoms with Gasteiger partial charge in [-0.1, -0.05) is 19.4 Å². The van der Waals surface area contributed by atoms with Crippen LogP contribution in [0.3, 0.4) is 0 Å². The van der Waals surface area contributed by atoms with E-state index in [0.717, 1.165) is 32.1 Å². The highest BCUT2D eigenvalue weighted by Gasteiger charge is 2.61. The molecule has 4 aliphatic carbocycles. The van der Waals surface area contributed by atoms with Crippen molar-refractivity contribution in [2.45, 2.75) is 71.2 Å². The third-order valence-corrected chi connectivity index (χ3v) is 7.79. The van der Waals surface area contributed by atoms with Crippen LogP contribution in [0.1, 0.15) is 69.8 Å². The predicted octanol–water partition coefficient (Wildman–Crippen LogP) is 4.13. The Morgan fingerprint density at radius 1 is 1.32 bits per heavy atom. The van der Waals surface area contributed by atoms with Crippen molar-refractivity contribution in [3.63, 3.8) is 0 Å². The summed E-state index contributed by atoms with van der Waals surface area (Å²) in [6.45, 7) is 1.99. The Bertz CT molecular complexity index is 625. The van der Waals surface area contributed by atoms with Crippen molar-refractivity contribution in [1.82, 2.24) is 0 Å². The van der Waals surface area contributed by atoms with Crippen molar-refractivity contribution in [2.24, 2.45) is 35.0 Å². The molecule has 0 bridgehead atoms. The molecule has 2 heteroatoms. The highest BCUT2D eigenvalue weighted by atomic mass is 16.3. The first-order chi connectivity index (χ1) is 11.6. The highest BCUT2D eigenvalue weighted by Crippen LogP contribution is 2.65. The number of allylic oxidation sites excluding steroid dienone is 1. The van der Waals surface area contributed by atoms with E-state index in [-0.39, 0.29) is 11.7 Å². The zero-order chi connectivity index (χ0) is 18.2. The third kappa shape index (κ3) is 1.85. The maximum Gasteiger partial charge on any atom is 0.155 e. The summed E-state index contributed by atoms with van der Waals surface area (Å²) in [5.41, 5.74) is -0.717. The molecule has 4 aliphatic rings. The van der Waals surface area contributed by atoms with E-state index in [4.69, 9.17) is 4.11 Å². The lowest BCUT2D eigenvalue weighted by Gasteiger charge is -2.57. The first kappa shape index (κ1) is 11.8. The fourth-order valence-corrected chi connectivity index (χ4v) is 6.61. The fraction of sp³-hybridized carbons (Fsp3) is 0.850. The van der Waals surface area contributed by atoms with Gasteiger partial charge in [-0.3, -0.25) is 4.79 Å². The molecule has 2 nitrogen and oxygen atoms in total. The number of hydrogen-bond donors (Lipinski definition) is 1.